The minimum absolute atomic E-state index is 0.0765. The van der Waals surface area contributed by atoms with Crippen LogP contribution in [0.5, 0.6) is 0 Å². The van der Waals surface area contributed by atoms with E-state index in [-0.39, 0.29) is 11.7 Å². The van der Waals surface area contributed by atoms with Crippen molar-refractivity contribution in [2.45, 2.75) is 23.8 Å². The zero-order valence-corrected chi connectivity index (χ0v) is 15.0. The van der Waals surface area contributed by atoms with E-state index in [2.05, 4.69) is 23.1 Å². The van der Waals surface area contributed by atoms with Crippen LogP contribution >= 0.6 is 0 Å². The topological polar surface area (TPSA) is 57.6 Å². The number of aliphatic hydroxyl groups excluding tert-OH is 1. The van der Waals surface area contributed by atoms with E-state index >= 15 is 0 Å². The number of nitrogens with zero attached hydrogens (tertiary/aromatic N) is 1. The van der Waals surface area contributed by atoms with Crippen molar-refractivity contribution >= 4 is 9.84 Å². The van der Waals surface area contributed by atoms with Gasteiger partial charge in [-0.2, -0.15) is 0 Å². The van der Waals surface area contributed by atoms with Gasteiger partial charge in [-0.15, -0.1) is 0 Å². The Labute approximate surface area is 150 Å². The summed E-state index contributed by atoms with van der Waals surface area (Å²) in [5.74, 6) is 0.313. The Balaban J connectivity index is 1.51. The smallest absolute Gasteiger partial charge is 0.179 e. The number of hydrogen-bond donors (Lipinski definition) is 1. The summed E-state index contributed by atoms with van der Waals surface area (Å²) in [6.45, 7) is 1.82. The van der Waals surface area contributed by atoms with Gasteiger partial charge in [0, 0.05) is 13.1 Å². The number of piperidine rings is 1. The molecule has 133 valence electrons. The quantitative estimate of drug-likeness (QED) is 0.860. The zero-order valence-electron chi connectivity index (χ0n) is 14.2. The molecular weight excluding hydrogens is 334 g/mol. The molecule has 0 aliphatic carbocycles. The van der Waals surface area contributed by atoms with E-state index in [1.165, 1.54) is 5.56 Å². The number of aliphatic hydroxyl groups is 1. The SMILES string of the molecule is O=S(=O)(CCN1CC[C@H](Cc2ccccc2)[C@H](O)C1)c1cc[c]cc1. The lowest BCUT2D eigenvalue weighted by molar-refractivity contribution is 0.0245. The molecule has 1 radical (unpaired) electrons. The zero-order chi connectivity index (χ0) is 17.7. The van der Waals surface area contributed by atoms with Crippen LogP contribution in [0, 0.1) is 12.0 Å². The fourth-order valence-electron chi connectivity index (χ4n) is 3.35. The molecule has 1 saturated heterocycles. The number of benzene rings is 2. The first-order valence-electron chi connectivity index (χ1n) is 8.68. The third-order valence-electron chi connectivity index (χ3n) is 4.87. The summed E-state index contributed by atoms with van der Waals surface area (Å²) in [5, 5.41) is 10.5. The first-order chi connectivity index (χ1) is 12.0. The Morgan fingerprint density at radius 3 is 2.52 bits per heavy atom. The molecule has 2 atom stereocenters. The molecule has 0 unspecified atom stereocenters. The molecule has 0 spiro atoms. The standard InChI is InChI=1S/C20H24NO3S/c22-20-16-21(12-11-18(20)15-17-7-3-1-4-8-17)13-14-25(23,24)19-9-5-2-6-10-19/h1,3-10,18,20,22H,11-16H2/t18-,20-/m1/s1. The molecule has 3 rings (SSSR count). The van der Waals surface area contributed by atoms with E-state index < -0.39 is 15.9 Å². The van der Waals surface area contributed by atoms with Crippen molar-refractivity contribution in [3.8, 4) is 0 Å². The Morgan fingerprint density at radius 2 is 1.84 bits per heavy atom. The average molecular weight is 358 g/mol. The molecule has 1 aliphatic heterocycles. The summed E-state index contributed by atoms with van der Waals surface area (Å²) in [6, 6.07) is 19.4. The fraction of sp³-hybridized carbons (Fsp3) is 0.400. The minimum Gasteiger partial charge on any atom is -0.391 e. The molecule has 5 heteroatoms. The number of sulfone groups is 1. The Hall–Kier alpha value is -1.69. The maximum absolute atomic E-state index is 12.4. The third-order valence-corrected chi connectivity index (χ3v) is 6.58. The van der Waals surface area contributed by atoms with Gasteiger partial charge in [0.05, 0.1) is 16.8 Å². The van der Waals surface area contributed by atoms with Crippen LogP contribution in [0.15, 0.2) is 59.5 Å². The normalized spacial score (nSPS) is 22.0. The molecule has 0 saturated carbocycles. The van der Waals surface area contributed by atoms with E-state index in [4.69, 9.17) is 0 Å². The molecule has 4 nitrogen and oxygen atoms in total. The molecule has 2 aromatic carbocycles. The van der Waals surface area contributed by atoms with Gasteiger partial charge in [0.25, 0.3) is 0 Å². The van der Waals surface area contributed by atoms with Gasteiger partial charge in [0.15, 0.2) is 9.84 Å². The lowest BCUT2D eigenvalue weighted by atomic mass is 9.88. The third kappa shape index (κ3) is 4.91. The second-order valence-electron chi connectivity index (χ2n) is 6.66. The molecular formula is C20H24NO3S. The van der Waals surface area contributed by atoms with Crippen molar-refractivity contribution in [2.24, 2.45) is 5.92 Å². The highest BCUT2D eigenvalue weighted by Crippen LogP contribution is 2.22. The van der Waals surface area contributed by atoms with E-state index in [0.29, 0.717) is 18.0 Å². The summed E-state index contributed by atoms with van der Waals surface area (Å²) < 4.78 is 24.7. The van der Waals surface area contributed by atoms with Crippen molar-refractivity contribution < 1.29 is 13.5 Å². The Bertz CT molecular complexity index is 762. The Morgan fingerprint density at radius 1 is 1.12 bits per heavy atom. The van der Waals surface area contributed by atoms with Crippen molar-refractivity contribution in [2.75, 3.05) is 25.4 Å². The van der Waals surface area contributed by atoms with E-state index in [1.54, 1.807) is 24.3 Å². The average Bonchev–Trinajstić information content (AvgIpc) is 2.64. The van der Waals surface area contributed by atoms with Crippen molar-refractivity contribution in [3.63, 3.8) is 0 Å². The van der Waals surface area contributed by atoms with Crippen LogP contribution in [0.2, 0.25) is 0 Å². The van der Waals surface area contributed by atoms with Gasteiger partial charge in [0.1, 0.15) is 0 Å². The maximum Gasteiger partial charge on any atom is 0.179 e. The highest BCUT2D eigenvalue weighted by atomic mass is 32.2. The fourth-order valence-corrected chi connectivity index (χ4v) is 4.63. The van der Waals surface area contributed by atoms with Gasteiger partial charge >= 0.3 is 0 Å². The summed E-state index contributed by atoms with van der Waals surface area (Å²) in [6.07, 6.45) is 1.34. The molecule has 0 aromatic heterocycles. The predicted octanol–water partition coefficient (Wildman–Crippen LogP) is 2.19. The molecule has 1 N–H and O–H groups in total. The van der Waals surface area contributed by atoms with Crippen LogP contribution in [-0.4, -0.2) is 49.9 Å². The number of rotatable bonds is 6. The van der Waals surface area contributed by atoms with Gasteiger partial charge in [-0.3, -0.25) is 4.90 Å². The van der Waals surface area contributed by atoms with Crippen LogP contribution < -0.4 is 0 Å². The second kappa shape index (κ2) is 8.13. The molecule has 25 heavy (non-hydrogen) atoms. The highest BCUT2D eigenvalue weighted by molar-refractivity contribution is 7.91. The van der Waals surface area contributed by atoms with Crippen molar-refractivity contribution in [1.29, 1.82) is 0 Å². The summed E-state index contributed by atoms with van der Waals surface area (Å²) >= 11 is 0. The molecule has 1 heterocycles. The summed E-state index contributed by atoms with van der Waals surface area (Å²) in [4.78, 5) is 2.39. The largest absolute Gasteiger partial charge is 0.391 e. The van der Waals surface area contributed by atoms with E-state index in [1.807, 2.05) is 18.2 Å². The molecule has 1 aliphatic rings. The van der Waals surface area contributed by atoms with E-state index in [0.717, 1.165) is 19.4 Å². The number of β-amino-alcohol motifs (C(OH)–C–C–N with tert-alkyl or cyclic N) is 1. The van der Waals surface area contributed by atoms with Crippen LogP contribution in [-0.2, 0) is 16.3 Å². The lowest BCUT2D eigenvalue weighted by Gasteiger charge is -2.36. The van der Waals surface area contributed by atoms with Crippen LogP contribution in [0.1, 0.15) is 12.0 Å². The van der Waals surface area contributed by atoms with Crippen LogP contribution in [0.3, 0.4) is 0 Å². The Kier molecular flexibility index (Phi) is 5.89. The monoisotopic (exact) mass is 358 g/mol. The number of likely N-dealkylation sites (tertiary alicyclic amines) is 1. The second-order valence-corrected chi connectivity index (χ2v) is 8.77. The summed E-state index contributed by atoms with van der Waals surface area (Å²) in [7, 11) is -3.28. The number of hydrogen-bond acceptors (Lipinski definition) is 4. The van der Waals surface area contributed by atoms with Gasteiger partial charge in [-0.25, -0.2) is 8.42 Å². The van der Waals surface area contributed by atoms with Gasteiger partial charge in [-0.1, -0.05) is 42.5 Å². The van der Waals surface area contributed by atoms with Gasteiger partial charge in [-0.05, 0) is 49.1 Å². The van der Waals surface area contributed by atoms with Gasteiger partial charge in [0.2, 0.25) is 0 Å². The minimum atomic E-state index is -3.28. The molecule has 2 aromatic rings. The predicted molar refractivity (Wildman–Crippen MR) is 98.0 cm³/mol. The highest BCUT2D eigenvalue weighted by Gasteiger charge is 2.28. The maximum atomic E-state index is 12.4. The van der Waals surface area contributed by atoms with Crippen LogP contribution in [0.4, 0.5) is 0 Å². The van der Waals surface area contributed by atoms with E-state index in [9.17, 15) is 13.5 Å². The molecule has 0 bridgehead atoms. The van der Waals surface area contributed by atoms with Crippen LogP contribution in [0.25, 0.3) is 0 Å². The summed E-state index contributed by atoms with van der Waals surface area (Å²) in [5.41, 5.74) is 1.24. The van der Waals surface area contributed by atoms with Crippen molar-refractivity contribution in [1.82, 2.24) is 4.90 Å². The molecule has 0 amide bonds. The van der Waals surface area contributed by atoms with Gasteiger partial charge < -0.3 is 5.11 Å². The first-order valence-corrected chi connectivity index (χ1v) is 10.3. The molecule has 1 fully saturated rings. The first kappa shape index (κ1) is 18.1. The van der Waals surface area contributed by atoms with Crippen molar-refractivity contribution in [3.05, 3.63) is 66.2 Å². The lowest BCUT2D eigenvalue weighted by Crippen LogP contribution is -2.46.